The molecule has 1 heterocycles. The van der Waals surface area contributed by atoms with E-state index in [2.05, 4.69) is 10.2 Å². The van der Waals surface area contributed by atoms with Gasteiger partial charge in [-0.2, -0.15) is 0 Å². The third-order valence-electron chi connectivity index (χ3n) is 2.80. The van der Waals surface area contributed by atoms with Crippen LogP contribution in [0.15, 0.2) is 35.8 Å². The predicted molar refractivity (Wildman–Crippen MR) is 80.9 cm³/mol. The van der Waals surface area contributed by atoms with E-state index in [4.69, 9.17) is 9.84 Å². The van der Waals surface area contributed by atoms with Crippen LogP contribution in [0.2, 0.25) is 0 Å². The van der Waals surface area contributed by atoms with E-state index >= 15 is 0 Å². The Morgan fingerprint density at radius 1 is 1.29 bits per heavy atom. The molecule has 112 valence electrons. The zero-order chi connectivity index (χ0) is 14.9. The van der Waals surface area contributed by atoms with E-state index in [1.54, 1.807) is 5.51 Å². The SMILES string of the molecule is O=C(O)CCN(CCCOc1ccccc1)c1nncs1. The van der Waals surface area contributed by atoms with Crippen LogP contribution < -0.4 is 9.64 Å². The number of aromatic nitrogens is 2. The maximum absolute atomic E-state index is 10.7. The first kappa shape index (κ1) is 15.2. The lowest BCUT2D eigenvalue weighted by atomic mass is 10.3. The number of rotatable bonds is 9. The molecule has 7 heteroatoms. The van der Waals surface area contributed by atoms with Crippen molar-refractivity contribution < 1.29 is 14.6 Å². The van der Waals surface area contributed by atoms with Crippen LogP contribution in [0.5, 0.6) is 5.75 Å². The Labute approximate surface area is 127 Å². The van der Waals surface area contributed by atoms with Crippen molar-refractivity contribution in [2.75, 3.05) is 24.6 Å². The molecule has 0 aliphatic heterocycles. The van der Waals surface area contributed by atoms with E-state index < -0.39 is 5.97 Å². The Balaban J connectivity index is 1.77. The summed E-state index contributed by atoms with van der Waals surface area (Å²) in [6.07, 6.45) is 0.868. The van der Waals surface area contributed by atoms with Crippen molar-refractivity contribution in [3.8, 4) is 5.75 Å². The van der Waals surface area contributed by atoms with Crippen molar-refractivity contribution in [1.82, 2.24) is 10.2 Å². The molecule has 0 saturated heterocycles. The molecule has 2 rings (SSSR count). The average molecular weight is 307 g/mol. The number of carbonyl (C=O) groups is 1. The highest BCUT2D eigenvalue weighted by Crippen LogP contribution is 2.16. The van der Waals surface area contributed by atoms with E-state index in [1.807, 2.05) is 35.2 Å². The van der Waals surface area contributed by atoms with Gasteiger partial charge in [0.1, 0.15) is 11.3 Å². The third kappa shape index (κ3) is 5.39. The van der Waals surface area contributed by atoms with Gasteiger partial charge in [-0.05, 0) is 18.6 Å². The van der Waals surface area contributed by atoms with Crippen LogP contribution >= 0.6 is 11.3 Å². The molecule has 0 radical (unpaired) electrons. The van der Waals surface area contributed by atoms with E-state index in [9.17, 15) is 4.79 Å². The van der Waals surface area contributed by atoms with Gasteiger partial charge in [-0.3, -0.25) is 4.79 Å². The first-order valence-electron chi connectivity index (χ1n) is 6.66. The Hall–Kier alpha value is -2.15. The van der Waals surface area contributed by atoms with Crippen LogP contribution in [0.25, 0.3) is 0 Å². The van der Waals surface area contributed by atoms with Gasteiger partial charge in [-0.25, -0.2) is 0 Å². The van der Waals surface area contributed by atoms with Gasteiger partial charge in [-0.15, -0.1) is 10.2 Å². The molecule has 0 aliphatic rings. The first-order chi connectivity index (χ1) is 10.3. The smallest absolute Gasteiger partial charge is 0.305 e. The minimum atomic E-state index is -0.815. The van der Waals surface area contributed by atoms with Gasteiger partial charge in [0.05, 0.1) is 13.0 Å². The van der Waals surface area contributed by atoms with Crippen molar-refractivity contribution >= 4 is 22.4 Å². The Kier molecular flexibility index (Phi) is 5.96. The summed E-state index contributed by atoms with van der Waals surface area (Å²) in [6.45, 7) is 1.69. The number of aliphatic carboxylic acids is 1. The molecular weight excluding hydrogens is 290 g/mol. The molecule has 0 unspecified atom stereocenters. The normalized spacial score (nSPS) is 10.3. The van der Waals surface area contributed by atoms with Crippen molar-refractivity contribution in [2.24, 2.45) is 0 Å². The Morgan fingerprint density at radius 3 is 2.76 bits per heavy atom. The number of carboxylic acid groups (broad SMARTS) is 1. The summed E-state index contributed by atoms with van der Waals surface area (Å²) in [5.74, 6) is 0.0237. The largest absolute Gasteiger partial charge is 0.494 e. The number of hydrogen-bond donors (Lipinski definition) is 1. The van der Waals surface area contributed by atoms with Gasteiger partial charge in [-0.1, -0.05) is 29.5 Å². The second-order valence-corrected chi connectivity index (χ2v) is 5.18. The highest BCUT2D eigenvalue weighted by Gasteiger charge is 2.11. The summed E-state index contributed by atoms with van der Waals surface area (Å²) in [6, 6.07) is 9.61. The third-order valence-corrected chi connectivity index (χ3v) is 3.55. The number of para-hydroxylation sites is 1. The Morgan fingerprint density at radius 2 is 2.10 bits per heavy atom. The monoisotopic (exact) mass is 307 g/mol. The average Bonchev–Trinajstić information content (AvgIpc) is 3.01. The van der Waals surface area contributed by atoms with E-state index in [0.717, 1.165) is 17.3 Å². The number of ether oxygens (including phenoxy) is 1. The fourth-order valence-corrected chi connectivity index (χ4v) is 2.42. The number of anilines is 1. The van der Waals surface area contributed by atoms with Crippen LogP contribution in [-0.4, -0.2) is 41.0 Å². The quantitative estimate of drug-likeness (QED) is 0.716. The number of nitrogens with zero attached hydrogens (tertiary/aromatic N) is 3. The highest BCUT2D eigenvalue weighted by molar-refractivity contribution is 7.13. The van der Waals surface area contributed by atoms with Gasteiger partial charge >= 0.3 is 5.97 Å². The van der Waals surface area contributed by atoms with E-state index in [1.165, 1.54) is 11.3 Å². The van der Waals surface area contributed by atoms with Gasteiger partial charge in [0, 0.05) is 13.1 Å². The Bertz CT molecular complexity index is 534. The molecule has 0 bridgehead atoms. The van der Waals surface area contributed by atoms with Gasteiger partial charge < -0.3 is 14.7 Å². The fraction of sp³-hybridized carbons (Fsp3) is 0.357. The minimum Gasteiger partial charge on any atom is -0.494 e. The molecule has 2 aromatic rings. The first-order valence-corrected chi connectivity index (χ1v) is 7.54. The minimum absolute atomic E-state index is 0.0825. The van der Waals surface area contributed by atoms with Crippen LogP contribution in [0, 0.1) is 0 Å². The zero-order valence-electron chi connectivity index (χ0n) is 11.5. The molecule has 1 aromatic carbocycles. The summed E-state index contributed by atoms with van der Waals surface area (Å²) in [4.78, 5) is 12.6. The molecule has 0 spiro atoms. The maximum atomic E-state index is 10.7. The standard InChI is InChI=1S/C14H17N3O3S/c18-13(19)7-9-17(14-16-15-11-21-14)8-4-10-20-12-5-2-1-3-6-12/h1-3,5-6,11H,4,7-10H2,(H,18,19). The van der Waals surface area contributed by atoms with Gasteiger partial charge in [0.15, 0.2) is 0 Å². The zero-order valence-corrected chi connectivity index (χ0v) is 12.3. The molecule has 0 atom stereocenters. The molecule has 1 N–H and O–H groups in total. The summed E-state index contributed by atoms with van der Waals surface area (Å²) in [5, 5.41) is 17.3. The second-order valence-electron chi connectivity index (χ2n) is 4.37. The number of hydrogen-bond acceptors (Lipinski definition) is 6. The molecule has 0 aliphatic carbocycles. The fourth-order valence-electron chi connectivity index (χ4n) is 1.80. The number of benzene rings is 1. The lowest BCUT2D eigenvalue weighted by Crippen LogP contribution is -2.28. The molecule has 0 fully saturated rings. The van der Waals surface area contributed by atoms with Crippen LogP contribution in [0.3, 0.4) is 0 Å². The van der Waals surface area contributed by atoms with Crippen LogP contribution in [0.1, 0.15) is 12.8 Å². The summed E-state index contributed by atoms with van der Waals surface area (Å²) >= 11 is 1.41. The maximum Gasteiger partial charge on any atom is 0.305 e. The van der Waals surface area contributed by atoms with Gasteiger partial charge in [0.2, 0.25) is 5.13 Å². The lowest BCUT2D eigenvalue weighted by molar-refractivity contribution is -0.136. The topological polar surface area (TPSA) is 75.5 Å². The van der Waals surface area contributed by atoms with Crippen molar-refractivity contribution in [2.45, 2.75) is 12.8 Å². The highest BCUT2D eigenvalue weighted by atomic mass is 32.1. The summed E-state index contributed by atoms with van der Waals surface area (Å²) in [5.41, 5.74) is 1.64. The molecule has 1 aromatic heterocycles. The second kappa shape index (κ2) is 8.21. The van der Waals surface area contributed by atoms with Crippen molar-refractivity contribution in [1.29, 1.82) is 0 Å². The van der Waals surface area contributed by atoms with Crippen LogP contribution in [0.4, 0.5) is 5.13 Å². The van der Waals surface area contributed by atoms with Crippen LogP contribution in [-0.2, 0) is 4.79 Å². The van der Waals surface area contributed by atoms with Crippen molar-refractivity contribution in [3.63, 3.8) is 0 Å². The molecule has 0 saturated carbocycles. The summed E-state index contributed by atoms with van der Waals surface area (Å²) in [7, 11) is 0. The molecule has 0 amide bonds. The summed E-state index contributed by atoms with van der Waals surface area (Å²) < 4.78 is 5.62. The lowest BCUT2D eigenvalue weighted by Gasteiger charge is -2.20. The van der Waals surface area contributed by atoms with E-state index in [-0.39, 0.29) is 6.42 Å². The molecular formula is C14H17N3O3S. The van der Waals surface area contributed by atoms with Crippen molar-refractivity contribution in [3.05, 3.63) is 35.8 Å². The van der Waals surface area contributed by atoms with E-state index in [0.29, 0.717) is 19.7 Å². The molecule has 21 heavy (non-hydrogen) atoms. The molecule has 6 nitrogen and oxygen atoms in total. The predicted octanol–water partition coefficient (Wildman–Crippen LogP) is 2.29. The van der Waals surface area contributed by atoms with Gasteiger partial charge in [0.25, 0.3) is 0 Å². The number of carboxylic acids is 1.